The Morgan fingerprint density at radius 3 is 2.50 bits per heavy atom. The largest absolute Gasteiger partial charge is 0.449 e. The lowest BCUT2D eigenvalue weighted by molar-refractivity contribution is 0.158. The molecule has 108 valence electrons. The van der Waals surface area contributed by atoms with Crippen molar-refractivity contribution < 1.29 is 17.9 Å². The second kappa shape index (κ2) is 7.81. The summed E-state index contributed by atoms with van der Waals surface area (Å²) in [6.45, 7) is 5.77. The fourth-order valence-electron chi connectivity index (χ4n) is 1.23. The first-order valence-electron chi connectivity index (χ1n) is 5.72. The minimum atomic E-state index is -3.87. The van der Waals surface area contributed by atoms with Gasteiger partial charge in [-0.15, -0.1) is 11.6 Å². The maximum atomic E-state index is 11.5. The Hall–Kier alpha value is -0.530. The van der Waals surface area contributed by atoms with Crippen LogP contribution >= 0.6 is 11.6 Å². The number of carbonyl (C=O) groups excluding carboxylic acids is 1. The second-order valence-electron chi connectivity index (χ2n) is 4.60. The molecular weight excluding hydrogens is 280 g/mol. The average Bonchev–Trinajstić information content (AvgIpc) is 2.24. The third-order valence-electron chi connectivity index (χ3n) is 2.22. The molecule has 18 heavy (non-hydrogen) atoms. The fraction of sp³-hybridized carbons (Fsp3) is 0.900. The molecule has 6 nitrogen and oxygen atoms in total. The molecular formula is C10H21ClN2O4S. The minimum Gasteiger partial charge on any atom is -0.449 e. The van der Waals surface area contributed by atoms with Crippen LogP contribution in [0.2, 0.25) is 0 Å². The van der Waals surface area contributed by atoms with E-state index >= 15 is 0 Å². The number of alkyl halides is 1. The third-order valence-corrected chi connectivity index (χ3v) is 3.45. The van der Waals surface area contributed by atoms with Crippen LogP contribution in [0.3, 0.4) is 0 Å². The number of carbonyl (C=O) groups is 1. The van der Waals surface area contributed by atoms with Gasteiger partial charge in [0.25, 0.3) is 0 Å². The SMILES string of the molecule is CCOC(=O)NS(=O)(=O)NCC(C)(C)CCCCl. The number of hydrogen-bond donors (Lipinski definition) is 2. The van der Waals surface area contributed by atoms with E-state index < -0.39 is 16.3 Å². The Morgan fingerprint density at radius 2 is 2.00 bits per heavy atom. The van der Waals surface area contributed by atoms with Gasteiger partial charge >= 0.3 is 16.3 Å². The van der Waals surface area contributed by atoms with Crippen molar-refractivity contribution >= 4 is 27.9 Å². The number of hydrogen-bond acceptors (Lipinski definition) is 4. The van der Waals surface area contributed by atoms with E-state index in [4.69, 9.17) is 11.6 Å². The molecule has 0 bridgehead atoms. The van der Waals surface area contributed by atoms with Crippen molar-refractivity contribution in [1.82, 2.24) is 9.44 Å². The number of amides is 1. The van der Waals surface area contributed by atoms with Crippen molar-refractivity contribution in [2.24, 2.45) is 5.41 Å². The first kappa shape index (κ1) is 17.5. The molecule has 0 heterocycles. The molecule has 0 aliphatic rings. The van der Waals surface area contributed by atoms with Crippen molar-refractivity contribution in [3.63, 3.8) is 0 Å². The molecule has 0 aliphatic heterocycles. The molecule has 1 amide bonds. The highest BCUT2D eigenvalue weighted by Crippen LogP contribution is 2.21. The standard InChI is InChI=1S/C10H21ClN2O4S/c1-4-17-9(14)13-18(15,16)12-8-10(2,3)6-5-7-11/h12H,4-8H2,1-3H3,(H,13,14). The van der Waals surface area contributed by atoms with Crippen LogP contribution in [0.15, 0.2) is 0 Å². The highest BCUT2D eigenvalue weighted by atomic mass is 35.5. The molecule has 0 fully saturated rings. The lowest BCUT2D eigenvalue weighted by atomic mass is 9.88. The van der Waals surface area contributed by atoms with Crippen molar-refractivity contribution in [2.45, 2.75) is 33.6 Å². The Labute approximate surface area is 114 Å². The van der Waals surface area contributed by atoms with Crippen molar-refractivity contribution in [1.29, 1.82) is 0 Å². The summed E-state index contributed by atoms with van der Waals surface area (Å²) < 4.78 is 31.5. The van der Waals surface area contributed by atoms with Crippen LogP contribution < -0.4 is 9.44 Å². The number of nitrogens with one attached hydrogen (secondary N) is 2. The van der Waals surface area contributed by atoms with Gasteiger partial charge in [-0.1, -0.05) is 13.8 Å². The van der Waals surface area contributed by atoms with Crippen LogP contribution in [-0.2, 0) is 14.9 Å². The van der Waals surface area contributed by atoms with Gasteiger partial charge in [-0.2, -0.15) is 13.1 Å². The molecule has 0 aromatic carbocycles. The molecule has 0 aliphatic carbocycles. The van der Waals surface area contributed by atoms with Crippen LogP contribution in [0.1, 0.15) is 33.6 Å². The van der Waals surface area contributed by atoms with E-state index in [0.717, 1.165) is 12.8 Å². The Morgan fingerprint density at radius 1 is 1.39 bits per heavy atom. The van der Waals surface area contributed by atoms with Crippen LogP contribution in [-0.4, -0.2) is 33.5 Å². The molecule has 0 aromatic heterocycles. The van der Waals surface area contributed by atoms with Crippen LogP contribution in [0.5, 0.6) is 0 Å². The number of ether oxygens (including phenoxy) is 1. The zero-order valence-corrected chi connectivity index (χ0v) is 12.5. The molecule has 0 rings (SSSR count). The Balaban J connectivity index is 4.21. The smallest absolute Gasteiger partial charge is 0.421 e. The summed E-state index contributed by atoms with van der Waals surface area (Å²) in [5.41, 5.74) is -0.224. The molecule has 0 atom stereocenters. The van der Waals surface area contributed by atoms with Crippen LogP contribution in [0.4, 0.5) is 4.79 Å². The average molecular weight is 301 g/mol. The van der Waals surface area contributed by atoms with Crippen molar-refractivity contribution in [2.75, 3.05) is 19.0 Å². The zero-order chi connectivity index (χ0) is 14.2. The quantitative estimate of drug-likeness (QED) is 0.667. The fourth-order valence-corrected chi connectivity index (χ4v) is 2.30. The molecule has 0 saturated heterocycles. The summed E-state index contributed by atoms with van der Waals surface area (Å²) in [4.78, 5) is 11.0. The summed E-state index contributed by atoms with van der Waals surface area (Å²) in [7, 11) is -3.87. The molecule has 2 N–H and O–H groups in total. The maximum absolute atomic E-state index is 11.5. The predicted octanol–water partition coefficient (Wildman–Crippen LogP) is 1.61. The van der Waals surface area contributed by atoms with E-state index in [1.54, 1.807) is 11.6 Å². The van der Waals surface area contributed by atoms with Gasteiger partial charge in [0.05, 0.1) is 6.61 Å². The van der Waals surface area contributed by atoms with E-state index in [0.29, 0.717) is 5.88 Å². The number of rotatable bonds is 8. The molecule has 0 aromatic rings. The number of halogens is 1. The molecule has 0 radical (unpaired) electrons. The van der Waals surface area contributed by atoms with Gasteiger partial charge in [0, 0.05) is 12.4 Å². The minimum absolute atomic E-state index is 0.114. The normalized spacial score (nSPS) is 12.2. The summed E-state index contributed by atoms with van der Waals surface area (Å²) in [6, 6.07) is 0. The van der Waals surface area contributed by atoms with Gasteiger partial charge in [0.1, 0.15) is 0 Å². The summed E-state index contributed by atoms with van der Waals surface area (Å²) in [5.74, 6) is 0.539. The van der Waals surface area contributed by atoms with E-state index in [-0.39, 0.29) is 18.6 Å². The van der Waals surface area contributed by atoms with Gasteiger partial charge in [-0.25, -0.2) is 9.52 Å². The summed E-state index contributed by atoms with van der Waals surface area (Å²) >= 11 is 5.59. The Kier molecular flexibility index (Phi) is 7.58. The van der Waals surface area contributed by atoms with Gasteiger partial charge in [-0.05, 0) is 25.2 Å². The van der Waals surface area contributed by atoms with E-state index in [9.17, 15) is 13.2 Å². The lowest BCUT2D eigenvalue weighted by Crippen LogP contribution is -2.44. The first-order chi connectivity index (χ1) is 8.22. The lowest BCUT2D eigenvalue weighted by Gasteiger charge is -2.24. The molecule has 0 unspecified atom stereocenters. The van der Waals surface area contributed by atoms with E-state index in [1.807, 2.05) is 13.8 Å². The maximum Gasteiger partial charge on any atom is 0.421 e. The van der Waals surface area contributed by atoms with Crippen molar-refractivity contribution in [3.05, 3.63) is 0 Å². The zero-order valence-electron chi connectivity index (χ0n) is 11.0. The van der Waals surface area contributed by atoms with Crippen molar-refractivity contribution in [3.8, 4) is 0 Å². The monoisotopic (exact) mass is 300 g/mol. The molecule has 0 saturated carbocycles. The van der Waals surface area contributed by atoms with Gasteiger partial charge in [0.2, 0.25) is 0 Å². The second-order valence-corrected chi connectivity index (χ2v) is 6.48. The Bertz CT molecular complexity index is 357. The first-order valence-corrected chi connectivity index (χ1v) is 7.74. The van der Waals surface area contributed by atoms with E-state index in [2.05, 4.69) is 9.46 Å². The topological polar surface area (TPSA) is 84.5 Å². The van der Waals surface area contributed by atoms with Gasteiger partial charge in [-0.3, -0.25) is 0 Å². The molecule has 0 spiro atoms. The van der Waals surface area contributed by atoms with Crippen LogP contribution in [0, 0.1) is 5.41 Å². The highest BCUT2D eigenvalue weighted by Gasteiger charge is 2.22. The summed E-state index contributed by atoms with van der Waals surface area (Å²) in [5, 5.41) is 0. The molecule has 8 heteroatoms. The van der Waals surface area contributed by atoms with Crippen LogP contribution in [0.25, 0.3) is 0 Å². The van der Waals surface area contributed by atoms with E-state index in [1.165, 1.54) is 0 Å². The highest BCUT2D eigenvalue weighted by molar-refractivity contribution is 7.88. The third kappa shape index (κ3) is 8.54. The summed E-state index contributed by atoms with van der Waals surface area (Å²) in [6.07, 6.45) is 0.614. The predicted molar refractivity (Wildman–Crippen MR) is 70.8 cm³/mol. The van der Waals surface area contributed by atoms with Gasteiger partial charge in [0.15, 0.2) is 0 Å². The van der Waals surface area contributed by atoms with Gasteiger partial charge < -0.3 is 4.74 Å².